The van der Waals surface area contributed by atoms with Crippen LogP contribution in [0.3, 0.4) is 0 Å². The molecule has 0 spiro atoms. The summed E-state index contributed by atoms with van der Waals surface area (Å²) in [6.07, 6.45) is 1.61. The summed E-state index contributed by atoms with van der Waals surface area (Å²) >= 11 is 0. The summed E-state index contributed by atoms with van der Waals surface area (Å²) in [7, 11) is 3.96. The second kappa shape index (κ2) is 11.7. The Balaban J connectivity index is 0. The zero-order valence-electron chi connectivity index (χ0n) is 13.5. The standard InChI is InChI=1S/C17H20N2O2.2O.V/c1-19(2)11-10-18-12-13-6-5-8-15(17(13)21)14-7-3-4-9-16(14)20;;;/h3-9,12,20-21H,10-11H2,1-2H3;;;/q;2*-2;/p-1. The van der Waals surface area contributed by atoms with Crippen molar-refractivity contribution in [1.82, 2.24) is 4.90 Å². The van der Waals surface area contributed by atoms with E-state index < -0.39 is 0 Å². The maximum Gasteiger partial charge on any atom is 0.123 e. The van der Waals surface area contributed by atoms with Gasteiger partial charge in [-0.1, -0.05) is 42.1 Å². The molecule has 1 radical (unpaired) electrons. The van der Waals surface area contributed by atoms with Gasteiger partial charge < -0.3 is 26.1 Å². The number of phenols is 1. The van der Waals surface area contributed by atoms with Crippen LogP contribution in [-0.2, 0) is 29.5 Å². The first kappa shape index (κ1) is 24.4. The minimum Gasteiger partial charge on any atom is -2.00 e. The van der Waals surface area contributed by atoms with E-state index >= 15 is 0 Å². The van der Waals surface area contributed by atoms with Crippen molar-refractivity contribution >= 4 is 6.21 Å². The minimum absolute atomic E-state index is 0. The third-order valence-electron chi connectivity index (χ3n) is 3.15. The van der Waals surface area contributed by atoms with Gasteiger partial charge in [-0.25, -0.2) is 0 Å². The molecule has 0 aliphatic rings. The molecule has 131 valence electrons. The fourth-order valence-corrected chi connectivity index (χ4v) is 1.99. The molecule has 1 N–H and O–H groups in total. The average Bonchev–Trinajstić information content (AvgIpc) is 2.46. The third-order valence-corrected chi connectivity index (χ3v) is 3.15. The summed E-state index contributed by atoms with van der Waals surface area (Å²) in [4.78, 5) is 6.31. The number of aliphatic imine (C=N–C) groups is 1. The van der Waals surface area contributed by atoms with Crippen LogP contribution in [-0.4, -0.2) is 43.4 Å². The molecule has 0 unspecified atom stereocenters. The monoisotopic (exact) mass is 366 g/mol. The molecular weight excluding hydrogens is 347 g/mol. The average molecular weight is 366 g/mol. The van der Waals surface area contributed by atoms with E-state index in [2.05, 4.69) is 4.99 Å². The second-order valence-electron chi connectivity index (χ2n) is 5.08. The summed E-state index contributed by atoms with van der Waals surface area (Å²) in [5.74, 6) is -0.0103. The van der Waals surface area contributed by atoms with Crippen LogP contribution in [0.5, 0.6) is 11.5 Å². The minimum atomic E-state index is -0.118. The van der Waals surface area contributed by atoms with Crippen molar-refractivity contribution in [2.24, 2.45) is 4.99 Å². The maximum absolute atomic E-state index is 12.4. The number of hydrogen-bond donors (Lipinski definition) is 1. The molecule has 0 aliphatic heterocycles. The van der Waals surface area contributed by atoms with Gasteiger partial charge in [0.15, 0.2) is 0 Å². The number of phenolic OH excluding ortho intramolecular Hbond substituents is 1. The first-order valence-corrected chi connectivity index (χ1v) is 6.82. The first-order valence-electron chi connectivity index (χ1n) is 6.82. The van der Waals surface area contributed by atoms with E-state index in [1.165, 1.54) is 0 Å². The number of benzene rings is 2. The van der Waals surface area contributed by atoms with Crippen LogP contribution in [0.2, 0.25) is 0 Å². The Labute approximate surface area is 154 Å². The molecule has 0 bridgehead atoms. The van der Waals surface area contributed by atoms with Gasteiger partial charge in [0.1, 0.15) is 5.75 Å². The number of aromatic hydroxyl groups is 1. The number of nitrogens with zero attached hydrogens (tertiary/aromatic N) is 2. The maximum atomic E-state index is 12.4. The van der Waals surface area contributed by atoms with Gasteiger partial charge >= 0.3 is 0 Å². The summed E-state index contributed by atoms with van der Waals surface area (Å²) in [5.41, 5.74) is 1.57. The fraction of sp³-hybridized carbons (Fsp3) is 0.235. The predicted molar refractivity (Wildman–Crippen MR) is 85.4 cm³/mol. The summed E-state index contributed by atoms with van der Waals surface area (Å²) in [5, 5.41) is 22.3. The van der Waals surface area contributed by atoms with E-state index in [1.54, 1.807) is 48.7 Å². The van der Waals surface area contributed by atoms with E-state index in [0.717, 1.165) is 6.54 Å². The van der Waals surface area contributed by atoms with Crippen LogP contribution < -0.4 is 5.11 Å². The molecule has 0 atom stereocenters. The Hall–Kier alpha value is -1.83. The van der Waals surface area contributed by atoms with E-state index in [4.69, 9.17) is 0 Å². The molecule has 0 amide bonds. The number of para-hydroxylation sites is 2. The topological polar surface area (TPSA) is 116 Å². The Morgan fingerprint density at radius 1 is 1.04 bits per heavy atom. The Morgan fingerprint density at radius 2 is 1.67 bits per heavy atom. The zero-order valence-corrected chi connectivity index (χ0v) is 14.9. The van der Waals surface area contributed by atoms with Crippen molar-refractivity contribution in [3.8, 4) is 22.6 Å². The van der Waals surface area contributed by atoms with Crippen LogP contribution in [0, 0.1) is 0 Å². The molecule has 0 fully saturated rings. The van der Waals surface area contributed by atoms with Gasteiger partial charge in [-0.15, -0.1) is 0 Å². The van der Waals surface area contributed by atoms with Crippen molar-refractivity contribution in [3.63, 3.8) is 0 Å². The van der Waals surface area contributed by atoms with E-state index in [-0.39, 0.29) is 41.0 Å². The third kappa shape index (κ3) is 6.35. The number of rotatable bonds is 5. The molecule has 0 aromatic heterocycles. The van der Waals surface area contributed by atoms with Gasteiger partial charge in [-0.3, -0.25) is 4.99 Å². The summed E-state index contributed by atoms with van der Waals surface area (Å²) in [6.45, 7) is 1.48. The fourth-order valence-electron chi connectivity index (χ4n) is 1.99. The molecule has 0 aliphatic carbocycles. The SMILES string of the molecule is CN(C)CCN=Cc1cccc(-c2ccccc2O)c1[O-].[O-2].[O-2].[V]. The molecule has 2 aromatic carbocycles. The van der Waals surface area contributed by atoms with Crippen LogP contribution in [0.1, 0.15) is 5.56 Å². The molecule has 2 aromatic rings. The molecule has 6 nitrogen and oxygen atoms in total. The van der Waals surface area contributed by atoms with Crippen molar-refractivity contribution in [2.75, 3.05) is 27.2 Å². The van der Waals surface area contributed by atoms with Crippen LogP contribution in [0.4, 0.5) is 0 Å². The largest absolute Gasteiger partial charge is 2.00 e. The normalized spacial score (nSPS) is 9.96. The second-order valence-corrected chi connectivity index (χ2v) is 5.08. The van der Waals surface area contributed by atoms with Crippen LogP contribution >= 0.6 is 0 Å². The quantitative estimate of drug-likeness (QED) is 0.814. The van der Waals surface area contributed by atoms with Crippen molar-refractivity contribution in [3.05, 3.63) is 48.0 Å². The molecule has 7 heteroatoms. The van der Waals surface area contributed by atoms with Gasteiger partial charge in [-0.2, -0.15) is 0 Å². The van der Waals surface area contributed by atoms with Crippen LogP contribution in [0.15, 0.2) is 47.5 Å². The molecule has 2 rings (SSSR count). The van der Waals surface area contributed by atoms with Gasteiger partial charge in [-0.05, 0) is 31.3 Å². The Morgan fingerprint density at radius 3 is 2.29 bits per heavy atom. The smallest absolute Gasteiger partial charge is 0.123 e. The molecular formula is C17H19N2O4V-5. The van der Waals surface area contributed by atoms with E-state index in [1.807, 2.05) is 19.0 Å². The van der Waals surface area contributed by atoms with Gasteiger partial charge in [0.05, 0.1) is 6.54 Å². The summed E-state index contributed by atoms with van der Waals surface area (Å²) < 4.78 is 0. The van der Waals surface area contributed by atoms with Crippen molar-refractivity contribution < 1.29 is 39.7 Å². The molecule has 0 heterocycles. The zero-order chi connectivity index (χ0) is 15.2. The van der Waals surface area contributed by atoms with E-state index in [9.17, 15) is 10.2 Å². The molecule has 0 saturated heterocycles. The molecule has 24 heavy (non-hydrogen) atoms. The van der Waals surface area contributed by atoms with Gasteiger partial charge in [0, 0.05) is 36.9 Å². The van der Waals surface area contributed by atoms with Crippen LogP contribution in [0.25, 0.3) is 11.1 Å². The predicted octanol–water partition coefficient (Wildman–Crippen LogP) is 1.87. The number of likely N-dealkylation sites (N-methyl/N-ethyl adjacent to an activating group) is 1. The van der Waals surface area contributed by atoms with Crippen molar-refractivity contribution in [2.45, 2.75) is 0 Å². The number of hydrogen-bond acceptors (Lipinski definition) is 4. The summed E-state index contributed by atoms with van der Waals surface area (Å²) in [6, 6.07) is 12.1. The van der Waals surface area contributed by atoms with E-state index in [0.29, 0.717) is 23.2 Å². The van der Waals surface area contributed by atoms with Crippen molar-refractivity contribution in [1.29, 1.82) is 0 Å². The Bertz CT molecular complexity index is 648. The molecule has 0 saturated carbocycles. The van der Waals surface area contributed by atoms with Gasteiger partial charge in [0.2, 0.25) is 0 Å². The Kier molecular flexibility index (Phi) is 11.9. The first-order chi connectivity index (χ1) is 10.1. The van der Waals surface area contributed by atoms with Gasteiger partial charge in [0.25, 0.3) is 0 Å².